The summed E-state index contributed by atoms with van der Waals surface area (Å²) < 4.78 is 5.39. The molecule has 1 aliphatic heterocycles. The molecule has 2 aromatic heterocycles. The maximum absolute atomic E-state index is 14.1. The van der Waals surface area contributed by atoms with Crippen molar-refractivity contribution in [3.05, 3.63) is 111 Å². The Morgan fingerprint density at radius 3 is 2.38 bits per heavy atom. The molecule has 1 unspecified atom stereocenters. The molecule has 6 N–H and O–H groups in total. The van der Waals surface area contributed by atoms with Crippen LogP contribution in [0.15, 0.2) is 76.8 Å². The number of likely N-dealkylation sites (tertiary alicyclic amines) is 1. The molecule has 3 aromatic carbocycles. The summed E-state index contributed by atoms with van der Waals surface area (Å²) in [4.78, 5) is 87.9. The molecule has 3 heterocycles. The zero-order chi connectivity index (χ0) is 47.4. The number of aromatic hydroxyl groups is 1. The summed E-state index contributed by atoms with van der Waals surface area (Å²) in [7, 11) is 3.15. The lowest BCUT2D eigenvalue weighted by molar-refractivity contribution is -0.144. The van der Waals surface area contributed by atoms with E-state index in [0.717, 1.165) is 32.8 Å². The molecule has 0 radical (unpaired) electrons. The number of phenols is 1. The third-order valence-corrected chi connectivity index (χ3v) is 12.8. The van der Waals surface area contributed by atoms with Crippen molar-refractivity contribution in [2.24, 2.45) is 5.41 Å². The predicted molar refractivity (Wildman–Crippen MR) is 245 cm³/mol. The van der Waals surface area contributed by atoms with Crippen molar-refractivity contribution >= 4 is 46.8 Å². The highest BCUT2D eigenvalue weighted by molar-refractivity contribution is 7.13. The van der Waals surface area contributed by atoms with Crippen LogP contribution in [0.1, 0.15) is 99.7 Å². The number of aromatic nitrogens is 2. The SMILES string of the molecule is Cc1ncsc1-c1ccc(CNC(=O)[C@@H]2C[C@@H](O)CN2C(=O)C(NC(=O)CCNC(=O)c2ccc3c(c2)[C@H](NC(=O)c2cc(-c4ccc(C(=O)N(C)C)c(O)c4)on2)CC3)C(C)(C)C)cc1. The summed E-state index contributed by atoms with van der Waals surface area (Å²) in [6.45, 7) is 7.47. The zero-order valence-corrected chi connectivity index (χ0v) is 38.5. The van der Waals surface area contributed by atoms with Gasteiger partial charge in [-0.15, -0.1) is 11.3 Å². The van der Waals surface area contributed by atoms with Crippen LogP contribution >= 0.6 is 11.3 Å². The van der Waals surface area contributed by atoms with Crippen molar-refractivity contribution in [2.45, 2.75) is 84.2 Å². The number of rotatable bonds is 14. The van der Waals surface area contributed by atoms with E-state index in [9.17, 15) is 39.0 Å². The second-order valence-electron chi connectivity index (χ2n) is 17.9. The van der Waals surface area contributed by atoms with Gasteiger partial charge in [0.05, 0.1) is 33.8 Å². The van der Waals surface area contributed by atoms with Gasteiger partial charge >= 0.3 is 0 Å². The number of benzene rings is 3. The summed E-state index contributed by atoms with van der Waals surface area (Å²) in [5, 5.41) is 36.4. The van der Waals surface area contributed by atoms with Gasteiger partial charge in [0.1, 0.15) is 17.8 Å². The van der Waals surface area contributed by atoms with Crippen LogP contribution in [0.25, 0.3) is 21.8 Å². The lowest BCUT2D eigenvalue weighted by Gasteiger charge is -2.35. The predicted octanol–water partition coefficient (Wildman–Crippen LogP) is 4.53. The van der Waals surface area contributed by atoms with Gasteiger partial charge in [0, 0.05) is 63.8 Å². The monoisotopic (exact) mass is 918 g/mol. The number of fused-ring (bicyclic) bond motifs is 1. The summed E-state index contributed by atoms with van der Waals surface area (Å²) in [6, 6.07) is 16.5. The number of carbonyl (C=O) groups excluding carboxylic acids is 6. The third kappa shape index (κ3) is 10.6. The van der Waals surface area contributed by atoms with Gasteiger partial charge in [-0.2, -0.15) is 0 Å². The van der Waals surface area contributed by atoms with Gasteiger partial charge in [0.15, 0.2) is 11.5 Å². The van der Waals surface area contributed by atoms with Crippen LogP contribution in [-0.2, 0) is 27.3 Å². The molecule has 0 bridgehead atoms. The van der Waals surface area contributed by atoms with Crippen LogP contribution in [0.5, 0.6) is 5.75 Å². The molecule has 66 heavy (non-hydrogen) atoms. The van der Waals surface area contributed by atoms with Gasteiger partial charge in [0.25, 0.3) is 17.7 Å². The van der Waals surface area contributed by atoms with Crippen LogP contribution < -0.4 is 21.3 Å². The van der Waals surface area contributed by atoms with E-state index in [0.29, 0.717) is 24.0 Å². The summed E-state index contributed by atoms with van der Waals surface area (Å²) in [6.07, 6.45) is 0.260. The lowest BCUT2D eigenvalue weighted by atomic mass is 9.85. The molecule has 7 rings (SSSR count). The number of nitrogens with one attached hydrogen (secondary N) is 4. The molecule has 18 heteroatoms. The highest BCUT2D eigenvalue weighted by Crippen LogP contribution is 2.34. The molecule has 5 aromatic rings. The Bertz CT molecular complexity index is 2650. The van der Waals surface area contributed by atoms with E-state index in [1.807, 2.05) is 37.3 Å². The molecule has 346 valence electrons. The Morgan fingerprint density at radius 1 is 0.955 bits per heavy atom. The number of aryl methyl sites for hydroxylation is 2. The molecule has 1 aliphatic carbocycles. The molecule has 4 atom stereocenters. The number of carbonyl (C=O) groups is 6. The average molecular weight is 919 g/mol. The van der Waals surface area contributed by atoms with E-state index >= 15 is 0 Å². The molecule has 0 saturated carbocycles. The lowest BCUT2D eigenvalue weighted by Crippen LogP contribution is -2.57. The van der Waals surface area contributed by atoms with Crippen molar-refractivity contribution in [3.63, 3.8) is 0 Å². The van der Waals surface area contributed by atoms with Gasteiger partial charge in [0.2, 0.25) is 17.7 Å². The standard InChI is InChI=1S/C48H54N8O9S/c1-26-41(66-25-51-26)29-9-7-27(8-10-29)23-50-45(62)37-21-32(57)24-56(37)47(64)42(48(2,3)4)53-40(59)17-18-49-43(60)31-12-11-28-14-16-35(34(28)19-31)52-44(61)36-22-39(65-54-36)30-13-15-33(38(58)20-30)46(63)55(5)6/h7-13,15,19-20,22,25,32,35,37,42,57-58H,14,16-18,21,23-24H2,1-6H3,(H,49,60)(H,50,62)(H,52,61)(H,53,59)/t32-,35-,37+,42?/m1/s1. The molecular formula is C48H54N8O9S. The number of hydrogen-bond donors (Lipinski definition) is 6. The number of amides is 6. The third-order valence-electron chi connectivity index (χ3n) is 11.8. The van der Waals surface area contributed by atoms with Crippen LogP contribution in [0.2, 0.25) is 0 Å². The Morgan fingerprint density at radius 2 is 1.70 bits per heavy atom. The molecule has 0 spiro atoms. The largest absolute Gasteiger partial charge is 0.507 e. The summed E-state index contributed by atoms with van der Waals surface area (Å²) in [5.41, 5.74) is 6.49. The zero-order valence-electron chi connectivity index (χ0n) is 37.6. The van der Waals surface area contributed by atoms with Crippen molar-refractivity contribution in [1.29, 1.82) is 0 Å². The first kappa shape index (κ1) is 47.1. The van der Waals surface area contributed by atoms with Crippen LogP contribution in [0, 0.1) is 12.3 Å². The van der Waals surface area contributed by atoms with E-state index in [2.05, 4.69) is 31.4 Å². The smallest absolute Gasteiger partial charge is 0.273 e. The normalized spacial score (nSPS) is 17.1. The molecule has 6 amide bonds. The number of hydrogen-bond acceptors (Lipinski definition) is 12. The number of phenolic OH excluding ortho intramolecular Hbond substituents is 1. The number of aliphatic hydroxyl groups is 1. The average Bonchev–Trinajstić information content (AvgIpc) is 4.11. The highest BCUT2D eigenvalue weighted by atomic mass is 32.1. The molecule has 1 fully saturated rings. The van der Waals surface area contributed by atoms with E-state index in [-0.39, 0.29) is 61.2 Å². The number of thiazole rings is 1. The maximum atomic E-state index is 14.1. The van der Waals surface area contributed by atoms with Gasteiger partial charge in [-0.1, -0.05) is 62.3 Å². The Labute approximate surface area is 386 Å². The molecule has 17 nitrogen and oxygen atoms in total. The molecular weight excluding hydrogens is 865 g/mol. The van der Waals surface area contributed by atoms with E-state index in [4.69, 9.17) is 4.52 Å². The number of aliphatic hydroxyl groups excluding tert-OH is 1. The van der Waals surface area contributed by atoms with Crippen LogP contribution in [0.3, 0.4) is 0 Å². The minimum Gasteiger partial charge on any atom is -0.507 e. The number of nitrogens with zero attached hydrogens (tertiary/aromatic N) is 4. The van der Waals surface area contributed by atoms with Gasteiger partial charge in [-0.25, -0.2) is 4.98 Å². The first-order chi connectivity index (χ1) is 31.4. The fraction of sp³-hybridized carbons (Fsp3) is 0.375. The van der Waals surface area contributed by atoms with Crippen LogP contribution in [0.4, 0.5) is 0 Å². The van der Waals surface area contributed by atoms with Crippen molar-refractivity contribution in [1.82, 2.24) is 41.2 Å². The van der Waals surface area contributed by atoms with Crippen molar-refractivity contribution in [3.8, 4) is 27.5 Å². The van der Waals surface area contributed by atoms with Crippen LogP contribution in [-0.4, -0.2) is 111 Å². The summed E-state index contributed by atoms with van der Waals surface area (Å²) >= 11 is 1.56. The van der Waals surface area contributed by atoms with Crippen molar-refractivity contribution in [2.75, 3.05) is 27.2 Å². The first-order valence-corrected chi connectivity index (χ1v) is 22.5. The highest BCUT2D eigenvalue weighted by Gasteiger charge is 2.44. The number of β-amino-alcohol motifs (C(OH)–C–C–N with tert-alkyl or cyclic N) is 1. The van der Waals surface area contributed by atoms with E-state index < -0.39 is 59.2 Å². The first-order valence-electron chi connectivity index (χ1n) is 21.7. The molecule has 2 aliphatic rings. The Hall–Kier alpha value is -6.92. The fourth-order valence-corrected chi connectivity index (χ4v) is 8.97. The van der Waals surface area contributed by atoms with Crippen molar-refractivity contribution < 1.29 is 43.5 Å². The summed E-state index contributed by atoms with van der Waals surface area (Å²) in [5.74, 6) is -2.70. The van der Waals surface area contributed by atoms with Gasteiger partial charge in [-0.3, -0.25) is 28.8 Å². The minimum absolute atomic E-state index is 0.00789. The topological polar surface area (TPSA) is 236 Å². The molecule has 1 saturated heterocycles. The Balaban J connectivity index is 0.908. The second kappa shape index (κ2) is 19.7. The quantitative estimate of drug-likeness (QED) is 0.0906. The second-order valence-corrected chi connectivity index (χ2v) is 18.8. The Kier molecular flexibility index (Phi) is 14.0. The van der Waals surface area contributed by atoms with Gasteiger partial charge < -0.3 is 45.8 Å². The fourth-order valence-electron chi connectivity index (χ4n) is 8.16. The maximum Gasteiger partial charge on any atom is 0.273 e. The minimum atomic E-state index is -1.03. The van der Waals surface area contributed by atoms with E-state index in [1.165, 1.54) is 28.0 Å². The van der Waals surface area contributed by atoms with E-state index in [1.54, 1.807) is 69.9 Å². The van der Waals surface area contributed by atoms with Gasteiger partial charge in [-0.05, 0) is 71.7 Å².